The fraction of sp³-hybridized carbons (Fsp3) is 0.500. The van der Waals surface area contributed by atoms with Gasteiger partial charge in [0.15, 0.2) is 0 Å². The summed E-state index contributed by atoms with van der Waals surface area (Å²) in [4.78, 5) is 11.3. The number of hydrogen-bond donors (Lipinski definition) is 1. The minimum Gasteiger partial charge on any atom is -0.508 e. The number of aromatic hydroxyl groups is 1. The SMILES string of the molecule is CCOCCn1c(C(F)(F)F)cc(O)cc1=O. The first-order valence-corrected chi connectivity index (χ1v) is 4.95. The third-order valence-corrected chi connectivity index (χ3v) is 2.07. The molecular weight excluding hydrogens is 239 g/mol. The number of pyridine rings is 1. The average molecular weight is 251 g/mol. The predicted octanol–water partition coefficient (Wildman–Crippen LogP) is 1.61. The van der Waals surface area contributed by atoms with E-state index in [9.17, 15) is 18.0 Å². The molecule has 0 aromatic carbocycles. The molecule has 4 nitrogen and oxygen atoms in total. The van der Waals surface area contributed by atoms with Crippen LogP contribution in [0, 0.1) is 0 Å². The number of alkyl halides is 3. The van der Waals surface area contributed by atoms with E-state index in [0.29, 0.717) is 17.2 Å². The van der Waals surface area contributed by atoms with Crippen molar-refractivity contribution in [1.82, 2.24) is 4.57 Å². The second-order valence-corrected chi connectivity index (χ2v) is 3.28. The van der Waals surface area contributed by atoms with Gasteiger partial charge in [-0.25, -0.2) is 0 Å². The van der Waals surface area contributed by atoms with Gasteiger partial charge in [0, 0.05) is 25.3 Å². The zero-order chi connectivity index (χ0) is 13.1. The molecule has 0 unspecified atom stereocenters. The van der Waals surface area contributed by atoms with Crippen molar-refractivity contribution < 1.29 is 23.0 Å². The highest BCUT2D eigenvalue weighted by Gasteiger charge is 2.34. The predicted molar refractivity (Wildman–Crippen MR) is 53.9 cm³/mol. The van der Waals surface area contributed by atoms with Crippen molar-refractivity contribution in [2.24, 2.45) is 0 Å². The van der Waals surface area contributed by atoms with Crippen molar-refractivity contribution in [2.45, 2.75) is 19.6 Å². The lowest BCUT2D eigenvalue weighted by molar-refractivity contribution is -0.144. The van der Waals surface area contributed by atoms with Crippen LogP contribution in [-0.2, 0) is 17.5 Å². The Balaban J connectivity index is 3.13. The van der Waals surface area contributed by atoms with Gasteiger partial charge in [0.1, 0.15) is 11.4 Å². The van der Waals surface area contributed by atoms with Crippen LogP contribution in [0.25, 0.3) is 0 Å². The molecule has 1 rings (SSSR count). The molecule has 96 valence electrons. The van der Waals surface area contributed by atoms with Crippen LogP contribution in [0.3, 0.4) is 0 Å². The van der Waals surface area contributed by atoms with E-state index in [1.165, 1.54) is 0 Å². The fourth-order valence-corrected chi connectivity index (χ4v) is 1.35. The molecule has 0 bridgehead atoms. The van der Waals surface area contributed by atoms with Gasteiger partial charge < -0.3 is 14.4 Å². The van der Waals surface area contributed by atoms with Crippen molar-refractivity contribution >= 4 is 0 Å². The minimum atomic E-state index is -4.69. The lowest BCUT2D eigenvalue weighted by Gasteiger charge is -2.15. The quantitative estimate of drug-likeness (QED) is 0.827. The molecule has 0 amide bonds. The molecule has 0 saturated carbocycles. The summed E-state index contributed by atoms with van der Waals surface area (Å²) in [6, 6.07) is 1.26. The Hall–Kier alpha value is -1.50. The van der Waals surface area contributed by atoms with Crippen molar-refractivity contribution in [3.05, 3.63) is 28.2 Å². The van der Waals surface area contributed by atoms with Gasteiger partial charge in [-0.05, 0) is 6.92 Å². The van der Waals surface area contributed by atoms with E-state index in [1.807, 2.05) is 0 Å². The van der Waals surface area contributed by atoms with E-state index < -0.39 is 23.2 Å². The molecule has 7 heteroatoms. The number of ether oxygens (including phenoxy) is 1. The van der Waals surface area contributed by atoms with Crippen LogP contribution in [-0.4, -0.2) is 22.9 Å². The molecule has 0 aliphatic carbocycles. The van der Waals surface area contributed by atoms with Crippen LogP contribution in [0.2, 0.25) is 0 Å². The number of rotatable bonds is 4. The number of nitrogens with zero attached hydrogens (tertiary/aromatic N) is 1. The summed E-state index contributed by atoms with van der Waals surface area (Å²) in [6.45, 7) is 1.85. The maximum atomic E-state index is 12.6. The molecule has 0 radical (unpaired) electrons. The Morgan fingerprint density at radius 1 is 1.41 bits per heavy atom. The van der Waals surface area contributed by atoms with E-state index in [1.54, 1.807) is 6.92 Å². The van der Waals surface area contributed by atoms with Gasteiger partial charge in [-0.15, -0.1) is 0 Å². The normalized spacial score (nSPS) is 11.8. The van der Waals surface area contributed by atoms with Gasteiger partial charge in [0.2, 0.25) is 0 Å². The molecule has 1 N–H and O–H groups in total. The molecule has 0 saturated heterocycles. The molecule has 0 atom stereocenters. The average Bonchev–Trinajstić information content (AvgIpc) is 2.19. The standard InChI is InChI=1S/C10H12F3NO3/c1-2-17-4-3-14-8(10(11,12)13)5-7(15)6-9(14)16/h5-6,15H,2-4H2,1H3. The van der Waals surface area contributed by atoms with E-state index in [-0.39, 0.29) is 13.2 Å². The second-order valence-electron chi connectivity index (χ2n) is 3.28. The van der Waals surface area contributed by atoms with E-state index >= 15 is 0 Å². The van der Waals surface area contributed by atoms with Gasteiger partial charge >= 0.3 is 6.18 Å². The third kappa shape index (κ3) is 3.48. The Morgan fingerprint density at radius 2 is 2.06 bits per heavy atom. The van der Waals surface area contributed by atoms with E-state index in [2.05, 4.69) is 0 Å². The first-order valence-electron chi connectivity index (χ1n) is 4.95. The maximum Gasteiger partial charge on any atom is 0.431 e. The Labute approximate surface area is 95.3 Å². The lowest BCUT2D eigenvalue weighted by Crippen LogP contribution is -2.28. The van der Waals surface area contributed by atoms with Crippen molar-refractivity contribution in [3.63, 3.8) is 0 Å². The van der Waals surface area contributed by atoms with Crippen LogP contribution < -0.4 is 5.56 Å². The molecule has 0 aliphatic heterocycles. The summed E-state index contributed by atoms with van der Waals surface area (Å²) >= 11 is 0. The van der Waals surface area contributed by atoms with Crippen molar-refractivity contribution in [3.8, 4) is 5.75 Å². The zero-order valence-corrected chi connectivity index (χ0v) is 9.12. The first kappa shape index (κ1) is 13.6. The number of halogens is 3. The van der Waals surface area contributed by atoms with E-state index in [4.69, 9.17) is 9.84 Å². The maximum absolute atomic E-state index is 12.6. The zero-order valence-electron chi connectivity index (χ0n) is 9.12. The highest BCUT2D eigenvalue weighted by atomic mass is 19.4. The summed E-state index contributed by atoms with van der Waals surface area (Å²) in [5.41, 5.74) is -2.08. The number of hydrogen-bond acceptors (Lipinski definition) is 3. The van der Waals surface area contributed by atoms with Gasteiger partial charge in [-0.3, -0.25) is 4.79 Å². The topological polar surface area (TPSA) is 51.5 Å². The van der Waals surface area contributed by atoms with Crippen molar-refractivity contribution in [2.75, 3.05) is 13.2 Å². The summed E-state index contributed by atoms with van der Waals surface area (Å²) < 4.78 is 43.3. The molecule has 0 fully saturated rings. The second kappa shape index (κ2) is 5.22. The molecule has 17 heavy (non-hydrogen) atoms. The fourth-order valence-electron chi connectivity index (χ4n) is 1.35. The molecule has 1 aromatic rings. The monoisotopic (exact) mass is 251 g/mol. The molecular formula is C10H12F3NO3. The molecule has 1 heterocycles. The smallest absolute Gasteiger partial charge is 0.431 e. The van der Waals surface area contributed by atoms with Gasteiger partial charge in [0.25, 0.3) is 5.56 Å². The Bertz CT molecular complexity index is 439. The summed E-state index contributed by atoms with van der Waals surface area (Å²) in [5.74, 6) is -0.699. The highest BCUT2D eigenvalue weighted by Crippen LogP contribution is 2.30. The van der Waals surface area contributed by atoms with Crippen LogP contribution in [0.1, 0.15) is 12.6 Å². The molecule has 0 spiro atoms. The molecule has 0 aliphatic rings. The van der Waals surface area contributed by atoms with Crippen LogP contribution in [0.5, 0.6) is 5.75 Å². The van der Waals surface area contributed by atoms with Gasteiger partial charge in [0.05, 0.1) is 6.61 Å². The van der Waals surface area contributed by atoms with Crippen molar-refractivity contribution in [1.29, 1.82) is 0 Å². The highest BCUT2D eigenvalue weighted by molar-refractivity contribution is 5.24. The minimum absolute atomic E-state index is 0.00423. The summed E-state index contributed by atoms with van der Waals surface area (Å²) in [5, 5.41) is 9.01. The van der Waals surface area contributed by atoms with Crippen LogP contribution >= 0.6 is 0 Å². The summed E-state index contributed by atoms with van der Waals surface area (Å²) in [7, 11) is 0. The summed E-state index contributed by atoms with van der Waals surface area (Å²) in [6.07, 6.45) is -4.69. The van der Waals surface area contributed by atoms with Crippen LogP contribution in [0.4, 0.5) is 13.2 Å². The molecule has 1 aromatic heterocycles. The largest absolute Gasteiger partial charge is 0.508 e. The number of aromatic nitrogens is 1. The Morgan fingerprint density at radius 3 is 2.59 bits per heavy atom. The third-order valence-electron chi connectivity index (χ3n) is 2.07. The van der Waals surface area contributed by atoms with Crippen LogP contribution in [0.15, 0.2) is 16.9 Å². The van der Waals surface area contributed by atoms with E-state index in [0.717, 1.165) is 6.07 Å². The lowest BCUT2D eigenvalue weighted by atomic mass is 10.3. The van der Waals surface area contributed by atoms with Gasteiger partial charge in [-0.2, -0.15) is 13.2 Å². The first-order chi connectivity index (χ1) is 7.86. The van der Waals surface area contributed by atoms with Gasteiger partial charge in [-0.1, -0.05) is 0 Å². The Kier molecular flexibility index (Phi) is 4.17.